The first kappa shape index (κ1) is 10.4. The lowest BCUT2D eigenvalue weighted by Crippen LogP contribution is -2.33. The van der Waals surface area contributed by atoms with Crippen molar-refractivity contribution in [1.82, 2.24) is 9.97 Å². The average molecular weight is 229 g/mol. The largest absolute Gasteiger partial charge is 0.351 e. The molecule has 0 spiro atoms. The summed E-state index contributed by atoms with van der Waals surface area (Å²) in [6.45, 7) is 1.21. The molecule has 2 rings (SSSR count). The van der Waals surface area contributed by atoms with Crippen LogP contribution in [0.15, 0.2) is 11.1 Å². The van der Waals surface area contributed by atoms with Crippen LogP contribution in [0.2, 0.25) is 5.02 Å². The van der Waals surface area contributed by atoms with Crippen LogP contribution < -0.4 is 16.2 Å². The molecule has 3 N–H and O–H groups in total. The van der Waals surface area contributed by atoms with Crippen molar-refractivity contribution in [2.75, 3.05) is 18.0 Å². The highest BCUT2D eigenvalue weighted by molar-refractivity contribution is 6.32. The normalized spacial score (nSPS) is 15.3. The van der Waals surface area contributed by atoms with Crippen molar-refractivity contribution < 1.29 is 0 Å². The Morgan fingerprint density at radius 2 is 2.40 bits per heavy atom. The van der Waals surface area contributed by atoms with Crippen LogP contribution in [0.25, 0.3) is 0 Å². The van der Waals surface area contributed by atoms with Gasteiger partial charge in [-0.25, -0.2) is 4.98 Å². The van der Waals surface area contributed by atoms with Crippen molar-refractivity contribution in [2.24, 2.45) is 5.73 Å². The maximum Gasteiger partial charge on any atom is 0.271 e. The van der Waals surface area contributed by atoms with Crippen molar-refractivity contribution in [3.05, 3.63) is 21.7 Å². The van der Waals surface area contributed by atoms with E-state index in [1.807, 2.05) is 4.90 Å². The van der Waals surface area contributed by atoms with Crippen LogP contribution in [0.3, 0.4) is 0 Å². The van der Waals surface area contributed by atoms with Crippen LogP contribution in [0.4, 0.5) is 5.82 Å². The number of nitrogens with two attached hydrogens (primary N) is 1. The molecule has 1 aromatic rings. The molecule has 1 heterocycles. The minimum atomic E-state index is -0.302. The number of nitrogens with zero attached hydrogens (tertiary/aromatic N) is 2. The molecular weight excluding hydrogens is 216 g/mol. The van der Waals surface area contributed by atoms with Gasteiger partial charge in [-0.1, -0.05) is 11.6 Å². The molecule has 0 radical (unpaired) electrons. The van der Waals surface area contributed by atoms with E-state index in [-0.39, 0.29) is 10.6 Å². The molecule has 1 aromatic heterocycles. The number of aromatic nitrogens is 2. The number of nitrogens with one attached hydrogen (secondary N) is 1. The van der Waals surface area contributed by atoms with Gasteiger partial charge in [0.05, 0.1) is 6.33 Å². The fraction of sp³-hybridized carbons (Fsp3) is 0.556. The van der Waals surface area contributed by atoms with Gasteiger partial charge in [0.2, 0.25) is 0 Å². The third-order valence-electron chi connectivity index (χ3n) is 2.41. The fourth-order valence-corrected chi connectivity index (χ4v) is 1.77. The lowest BCUT2D eigenvalue weighted by Gasteiger charge is -2.22. The first-order valence-electron chi connectivity index (χ1n) is 4.94. The Labute approximate surface area is 92.3 Å². The second-order valence-corrected chi connectivity index (χ2v) is 3.96. The zero-order chi connectivity index (χ0) is 10.8. The number of hydrogen-bond acceptors (Lipinski definition) is 4. The van der Waals surface area contributed by atoms with Crippen LogP contribution in [0.5, 0.6) is 0 Å². The number of halogens is 1. The molecule has 1 fully saturated rings. The molecule has 0 unspecified atom stereocenters. The Morgan fingerprint density at radius 3 is 3.00 bits per heavy atom. The number of H-pyrrole nitrogens is 1. The quantitative estimate of drug-likeness (QED) is 0.780. The Kier molecular flexibility index (Phi) is 2.93. The molecule has 5 nitrogen and oxygen atoms in total. The first-order chi connectivity index (χ1) is 7.24. The van der Waals surface area contributed by atoms with Gasteiger partial charge in [-0.05, 0) is 12.8 Å². The maximum absolute atomic E-state index is 11.3. The third kappa shape index (κ3) is 2.13. The summed E-state index contributed by atoms with van der Waals surface area (Å²) in [5.74, 6) is 0.549. The van der Waals surface area contributed by atoms with Gasteiger partial charge in [0.25, 0.3) is 5.56 Å². The maximum atomic E-state index is 11.3. The number of rotatable bonds is 4. The van der Waals surface area contributed by atoms with Gasteiger partial charge in [-0.3, -0.25) is 4.79 Å². The number of hydrogen-bond donors (Lipinski definition) is 2. The highest BCUT2D eigenvalue weighted by Gasteiger charge is 2.31. The second kappa shape index (κ2) is 4.20. The van der Waals surface area contributed by atoms with E-state index in [4.69, 9.17) is 17.3 Å². The Bertz CT molecular complexity index is 401. The SMILES string of the molecule is NCCN(c1nc[nH]c(=O)c1Cl)C1CC1. The molecule has 6 heteroatoms. The van der Waals surface area contributed by atoms with E-state index >= 15 is 0 Å². The van der Waals surface area contributed by atoms with E-state index in [1.165, 1.54) is 6.33 Å². The van der Waals surface area contributed by atoms with E-state index in [0.29, 0.717) is 24.9 Å². The van der Waals surface area contributed by atoms with Crippen LogP contribution >= 0.6 is 11.6 Å². The summed E-state index contributed by atoms with van der Waals surface area (Å²) in [4.78, 5) is 19.9. The molecule has 0 saturated heterocycles. The van der Waals surface area contributed by atoms with Gasteiger partial charge in [0.1, 0.15) is 5.02 Å². The minimum absolute atomic E-state index is 0.151. The van der Waals surface area contributed by atoms with E-state index in [0.717, 1.165) is 12.8 Å². The van der Waals surface area contributed by atoms with Crippen LogP contribution in [0, 0.1) is 0 Å². The Hall–Kier alpha value is -1.07. The van der Waals surface area contributed by atoms with Crippen molar-refractivity contribution >= 4 is 17.4 Å². The first-order valence-corrected chi connectivity index (χ1v) is 5.31. The van der Waals surface area contributed by atoms with E-state index in [2.05, 4.69) is 9.97 Å². The topological polar surface area (TPSA) is 75.0 Å². The monoisotopic (exact) mass is 228 g/mol. The van der Waals surface area contributed by atoms with Gasteiger partial charge in [-0.2, -0.15) is 0 Å². The lowest BCUT2D eigenvalue weighted by molar-refractivity contribution is 0.767. The van der Waals surface area contributed by atoms with Crippen molar-refractivity contribution in [1.29, 1.82) is 0 Å². The minimum Gasteiger partial charge on any atom is -0.351 e. The van der Waals surface area contributed by atoms with Crippen molar-refractivity contribution in [3.63, 3.8) is 0 Å². The lowest BCUT2D eigenvalue weighted by atomic mass is 10.4. The highest BCUT2D eigenvalue weighted by atomic mass is 35.5. The van der Waals surface area contributed by atoms with Gasteiger partial charge >= 0.3 is 0 Å². The summed E-state index contributed by atoms with van der Waals surface area (Å²) >= 11 is 5.91. The molecule has 0 aliphatic heterocycles. The zero-order valence-corrected chi connectivity index (χ0v) is 9.00. The van der Waals surface area contributed by atoms with Crippen LogP contribution in [-0.2, 0) is 0 Å². The fourth-order valence-electron chi connectivity index (χ4n) is 1.56. The van der Waals surface area contributed by atoms with Crippen molar-refractivity contribution in [3.8, 4) is 0 Å². The highest BCUT2D eigenvalue weighted by Crippen LogP contribution is 2.32. The smallest absolute Gasteiger partial charge is 0.271 e. The standard InChI is InChI=1S/C9H13ClN4O/c10-7-8(12-5-13-9(7)15)14(4-3-11)6-1-2-6/h5-6H,1-4,11H2,(H,12,13,15). The zero-order valence-electron chi connectivity index (χ0n) is 8.24. The summed E-state index contributed by atoms with van der Waals surface area (Å²) in [5, 5.41) is 0.151. The molecule has 15 heavy (non-hydrogen) atoms. The molecule has 82 valence electrons. The molecule has 0 amide bonds. The van der Waals surface area contributed by atoms with Gasteiger partial charge < -0.3 is 15.6 Å². The van der Waals surface area contributed by atoms with Gasteiger partial charge in [0.15, 0.2) is 5.82 Å². The Balaban J connectivity index is 2.32. The summed E-state index contributed by atoms with van der Waals surface area (Å²) in [7, 11) is 0. The summed E-state index contributed by atoms with van der Waals surface area (Å²) in [6.07, 6.45) is 3.60. The predicted octanol–water partition coefficient (Wildman–Crippen LogP) is 0.351. The van der Waals surface area contributed by atoms with Crippen molar-refractivity contribution in [2.45, 2.75) is 18.9 Å². The van der Waals surface area contributed by atoms with E-state index in [1.54, 1.807) is 0 Å². The summed E-state index contributed by atoms with van der Waals surface area (Å²) in [6, 6.07) is 0.445. The number of aromatic amines is 1. The molecule has 0 bridgehead atoms. The molecule has 0 aromatic carbocycles. The summed E-state index contributed by atoms with van der Waals surface area (Å²) in [5.41, 5.74) is 5.22. The average Bonchev–Trinajstić information content (AvgIpc) is 3.03. The second-order valence-electron chi connectivity index (χ2n) is 3.58. The third-order valence-corrected chi connectivity index (χ3v) is 2.75. The molecular formula is C9H13ClN4O. The van der Waals surface area contributed by atoms with Gasteiger partial charge in [-0.15, -0.1) is 0 Å². The summed E-state index contributed by atoms with van der Waals surface area (Å²) < 4.78 is 0. The predicted molar refractivity (Wildman–Crippen MR) is 59.3 cm³/mol. The molecule has 0 atom stereocenters. The van der Waals surface area contributed by atoms with E-state index in [9.17, 15) is 4.79 Å². The Morgan fingerprint density at radius 1 is 1.67 bits per heavy atom. The molecule has 1 aliphatic carbocycles. The number of anilines is 1. The van der Waals surface area contributed by atoms with E-state index < -0.39 is 0 Å². The molecule has 1 aliphatic rings. The van der Waals surface area contributed by atoms with Crippen LogP contribution in [-0.4, -0.2) is 29.1 Å². The molecule has 1 saturated carbocycles. The van der Waals surface area contributed by atoms with Gasteiger partial charge in [0, 0.05) is 19.1 Å². The van der Waals surface area contributed by atoms with Crippen LogP contribution in [0.1, 0.15) is 12.8 Å².